The van der Waals surface area contributed by atoms with E-state index in [2.05, 4.69) is 20.8 Å². The van der Waals surface area contributed by atoms with Crippen LogP contribution in [0, 0.1) is 29.1 Å². The van der Waals surface area contributed by atoms with Crippen molar-refractivity contribution in [3.05, 3.63) is 42.0 Å². The topological polar surface area (TPSA) is 63.6 Å². The fourth-order valence-corrected chi connectivity index (χ4v) is 5.45. The lowest BCUT2D eigenvalue weighted by molar-refractivity contribution is -0.180. The molecule has 1 aromatic rings. The van der Waals surface area contributed by atoms with Gasteiger partial charge < -0.3 is 9.84 Å². The summed E-state index contributed by atoms with van der Waals surface area (Å²) < 4.78 is 6.01. The quantitative estimate of drug-likeness (QED) is 0.561. The van der Waals surface area contributed by atoms with Crippen LogP contribution >= 0.6 is 0 Å². The molecule has 1 aromatic carbocycles. The molecule has 3 rings (SSSR count). The van der Waals surface area contributed by atoms with E-state index in [-0.39, 0.29) is 29.3 Å². The molecular formula is C24H32O4. The zero-order chi connectivity index (χ0) is 20.3. The predicted molar refractivity (Wildman–Crippen MR) is 109 cm³/mol. The fourth-order valence-electron chi connectivity index (χ4n) is 5.45. The van der Waals surface area contributed by atoms with Crippen molar-refractivity contribution in [3.8, 4) is 0 Å². The molecule has 4 nitrogen and oxygen atoms in total. The van der Waals surface area contributed by atoms with Gasteiger partial charge >= 0.3 is 11.9 Å². The molecule has 28 heavy (non-hydrogen) atoms. The van der Waals surface area contributed by atoms with Gasteiger partial charge in [-0.3, -0.25) is 4.79 Å². The zero-order valence-corrected chi connectivity index (χ0v) is 17.1. The Morgan fingerprint density at radius 3 is 2.54 bits per heavy atom. The SMILES string of the molecule is CC(C)[C@H]1CC[C@]2(C)CCC[C@@H](C(=O)O)[C@H]2[C@H]1OC(=O)/C=C/c1ccccc1. The number of carboxylic acids is 1. The summed E-state index contributed by atoms with van der Waals surface area (Å²) in [6.07, 6.45) is 7.50. The van der Waals surface area contributed by atoms with Gasteiger partial charge in [0.1, 0.15) is 6.10 Å². The zero-order valence-electron chi connectivity index (χ0n) is 17.1. The van der Waals surface area contributed by atoms with Crippen molar-refractivity contribution in [3.63, 3.8) is 0 Å². The van der Waals surface area contributed by atoms with Gasteiger partial charge in [0.05, 0.1) is 5.92 Å². The Hall–Kier alpha value is -2.10. The first-order chi connectivity index (χ1) is 13.3. The number of carboxylic acid groups (broad SMARTS) is 1. The van der Waals surface area contributed by atoms with Crippen LogP contribution in [0.2, 0.25) is 0 Å². The summed E-state index contributed by atoms with van der Waals surface area (Å²) in [5, 5.41) is 9.87. The summed E-state index contributed by atoms with van der Waals surface area (Å²) in [6.45, 7) is 6.49. The van der Waals surface area contributed by atoms with Crippen molar-refractivity contribution < 1.29 is 19.4 Å². The van der Waals surface area contributed by atoms with Crippen LogP contribution in [-0.2, 0) is 14.3 Å². The highest BCUT2D eigenvalue weighted by Crippen LogP contribution is 2.56. The minimum Gasteiger partial charge on any atom is -0.481 e. The molecule has 0 saturated heterocycles. The first kappa shape index (κ1) is 20.6. The van der Waals surface area contributed by atoms with Crippen molar-refractivity contribution in [2.75, 3.05) is 0 Å². The predicted octanol–water partition coefficient (Wildman–Crippen LogP) is 5.18. The molecule has 2 aliphatic rings. The van der Waals surface area contributed by atoms with E-state index in [1.807, 2.05) is 30.3 Å². The van der Waals surface area contributed by atoms with Gasteiger partial charge in [-0.25, -0.2) is 4.79 Å². The van der Waals surface area contributed by atoms with Crippen molar-refractivity contribution in [2.24, 2.45) is 29.1 Å². The van der Waals surface area contributed by atoms with Gasteiger partial charge in [0, 0.05) is 12.0 Å². The van der Waals surface area contributed by atoms with Gasteiger partial charge in [-0.2, -0.15) is 0 Å². The number of rotatable bonds is 5. The molecule has 1 N–H and O–H groups in total. The molecule has 0 bridgehead atoms. The highest BCUT2D eigenvalue weighted by molar-refractivity contribution is 5.87. The lowest BCUT2D eigenvalue weighted by atomic mass is 9.52. The van der Waals surface area contributed by atoms with Crippen LogP contribution in [-0.4, -0.2) is 23.1 Å². The number of fused-ring (bicyclic) bond motifs is 1. The van der Waals surface area contributed by atoms with Crippen LogP contribution in [0.3, 0.4) is 0 Å². The third-order valence-electron chi connectivity index (χ3n) is 6.96. The molecule has 2 saturated carbocycles. The number of hydrogen-bond acceptors (Lipinski definition) is 3. The fraction of sp³-hybridized carbons (Fsp3) is 0.583. The van der Waals surface area contributed by atoms with Crippen molar-refractivity contribution in [1.82, 2.24) is 0 Å². The third-order valence-corrected chi connectivity index (χ3v) is 6.96. The van der Waals surface area contributed by atoms with Crippen LogP contribution in [0.5, 0.6) is 0 Å². The lowest BCUT2D eigenvalue weighted by Gasteiger charge is -2.54. The number of aliphatic carboxylic acids is 1. The summed E-state index contributed by atoms with van der Waals surface area (Å²) in [5.74, 6) is -1.13. The average Bonchev–Trinajstić information content (AvgIpc) is 2.66. The van der Waals surface area contributed by atoms with Gasteiger partial charge in [-0.05, 0) is 54.6 Å². The van der Waals surface area contributed by atoms with E-state index >= 15 is 0 Å². The second-order valence-corrected chi connectivity index (χ2v) is 9.11. The minimum atomic E-state index is -0.749. The number of esters is 1. The molecule has 0 unspecified atom stereocenters. The maximum atomic E-state index is 12.7. The summed E-state index contributed by atoms with van der Waals surface area (Å²) in [5.41, 5.74) is 0.871. The van der Waals surface area contributed by atoms with E-state index in [1.54, 1.807) is 6.08 Å². The van der Waals surface area contributed by atoms with Gasteiger partial charge in [0.25, 0.3) is 0 Å². The molecule has 5 atom stereocenters. The Morgan fingerprint density at radius 2 is 1.89 bits per heavy atom. The smallest absolute Gasteiger partial charge is 0.331 e. The molecule has 0 aliphatic heterocycles. The van der Waals surface area contributed by atoms with Gasteiger partial charge in [-0.1, -0.05) is 57.5 Å². The molecule has 0 spiro atoms. The van der Waals surface area contributed by atoms with E-state index in [0.29, 0.717) is 12.3 Å². The van der Waals surface area contributed by atoms with E-state index in [1.165, 1.54) is 6.08 Å². The molecular weight excluding hydrogens is 352 g/mol. The number of carbonyl (C=O) groups excluding carboxylic acids is 1. The summed E-state index contributed by atoms with van der Waals surface area (Å²) >= 11 is 0. The summed E-state index contributed by atoms with van der Waals surface area (Å²) in [7, 11) is 0. The van der Waals surface area contributed by atoms with Crippen LogP contribution in [0.1, 0.15) is 58.4 Å². The number of carbonyl (C=O) groups is 2. The number of benzene rings is 1. The first-order valence-electron chi connectivity index (χ1n) is 10.5. The molecule has 0 radical (unpaired) electrons. The second-order valence-electron chi connectivity index (χ2n) is 9.11. The highest BCUT2D eigenvalue weighted by Gasteiger charge is 2.55. The van der Waals surface area contributed by atoms with Crippen molar-refractivity contribution in [2.45, 2.75) is 59.0 Å². The molecule has 0 aromatic heterocycles. The lowest BCUT2D eigenvalue weighted by Crippen LogP contribution is -2.54. The Labute approximate surface area is 168 Å². The highest BCUT2D eigenvalue weighted by atomic mass is 16.5. The van der Waals surface area contributed by atoms with Crippen LogP contribution in [0.4, 0.5) is 0 Å². The van der Waals surface area contributed by atoms with E-state index in [4.69, 9.17) is 4.74 Å². The van der Waals surface area contributed by atoms with Gasteiger partial charge in [0.15, 0.2) is 0 Å². The summed E-state index contributed by atoms with van der Waals surface area (Å²) in [4.78, 5) is 24.7. The van der Waals surface area contributed by atoms with Crippen LogP contribution in [0.15, 0.2) is 36.4 Å². The van der Waals surface area contributed by atoms with E-state index in [9.17, 15) is 14.7 Å². The molecule has 2 aliphatic carbocycles. The third kappa shape index (κ3) is 4.31. The van der Waals surface area contributed by atoms with Gasteiger partial charge in [0.2, 0.25) is 0 Å². The number of ether oxygens (including phenoxy) is 1. The van der Waals surface area contributed by atoms with Crippen molar-refractivity contribution in [1.29, 1.82) is 0 Å². The number of hydrogen-bond donors (Lipinski definition) is 1. The Kier molecular flexibility index (Phi) is 6.26. The van der Waals surface area contributed by atoms with Gasteiger partial charge in [-0.15, -0.1) is 0 Å². The molecule has 2 fully saturated rings. The monoisotopic (exact) mass is 384 g/mol. The molecule has 4 heteroatoms. The normalized spacial score (nSPS) is 32.9. The second kappa shape index (κ2) is 8.50. The Bertz CT molecular complexity index is 723. The molecule has 0 heterocycles. The first-order valence-corrected chi connectivity index (χ1v) is 10.5. The molecule has 0 amide bonds. The van der Waals surface area contributed by atoms with Crippen molar-refractivity contribution >= 4 is 18.0 Å². The van der Waals surface area contributed by atoms with Crippen LogP contribution < -0.4 is 0 Å². The standard InChI is InChI=1S/C24H32O4/c1-16(2)18-13-15-24(3)14-7-10-19(23(26)27)21(24)22(18)28-20(25)12-11-17-8-5-4-6-9-17/h4-6,8-9,11-12,16,18-19,21-22H,7,10,13-15H2,1-3H3,(H,26,27)/b12-11+/t18-,19-,21+,22+,24+/m1/s1. The molecule has 152 valence electrons. The largest absolute Gasteiger partial charge is 0.481 e. The summed E-state index contributed by atoms with van der Waals surface area (Å²) in [6, 6.07) is 9.64. The van der Waals surface area contributed by atoms with E-state index in [0.717, 1.165) is 31.2 Å². The minimum absolute atomic E-state index is 0.0687. The average molecular weight is 385 g/mol. The Balaban J connectivity index is 1.85. The van der Waals surface area contributed by atoms with E-state index < -0.39 is 11.9 Å². The van der Waals surface area contributed by atoms with Crippen LogP contribution in [0.25, 0.3) is 6.08 Å². The maximum Gasteiger partial charge on any atom is 0.331 e. The Morgan fingerprint density at radius 1 is 1.18 bits per heavy atom. The maximum absolute atomic E-state index is 12.7.